The number of nitrogens with one attached hydrogen (secondary N) is 1. The summed E-state index contributed by atoms with van der Waals surface area (Å²) in [6, 6.07) is 4.66. The van der Waals surface area contributed by atoms with Crippen molar-refractivity contribution in [3.05, 3.63) is 44.4 Å². The van der Waals surface area contributed by atoms with Crippen LogP contribution in [0.5, 0.6) is 0 Å². The highest BCUT2D eigenvalue weighted by molar-refractivity contribution is 9.10. The molecule has 0 saturated heterocycles. The van der Waals surface area contributed by atoms with Gasteiger partial charge in [-0.3, -0.25) is 4.79 Å². The fourth-order valence-electron chi connectivity index (χ4n) is 1.29. The highest BCUT2D eigenvalue weighted by Gasteiger charge is 2.13. The second-order valence-corrected chi connectivity index (χ2v) is 5.12. The maximum absolute atomic E-state index is 11.8. The van der Waals surface area contributed by atoms with Crippen LogP contribution in [0.15, 0.2) is 32.5 Å². The van der Waals surface area contributed by atoms with Gasteiger partial charge in [0.1, 0.15) is 10.6 Å². The van der Waals surface area contributed by atoms with Crippen LogP contribution < -0.4 is 5.32 Å². The fraction of sp³-hybridized carbons (Fsp3) is 0.0909. The Morgan fingerprint density at radius 3 is 2.72 bits per heavy atom. The number of thiophene rings is 1. The number of amides is 1. The van der Waals surface area contributed by atoms with E-state index in [0.717, 1.165) is 4.47 Å². The first-order valence-corrected chi connectivity index (χ1v) is 6.58. The first-order valence-electron chi connectivity index (χ1n) is 4.91. The van der Waals surface area contributed by atoms with E-state index in [4.69, 9.17) is 9.52 Å². The summed E-state index contributed by atoms with van der Waals surface area (Å²) in [5.41, 5.74) is 0. The van der Waals surface area contributed by atoms with Crippen molar-refractivity contribution in [3.8, 4) is 0 Å². The number of aromatic carboxylic acids is 1. The number of halogens is 1. The summed E-state index contributed by atoms with van der Waals surface area (Å²) in [6.07, 6.45) is 0. The van der Waals surface area contributed by atoms with E-state index in [0.29, 0.717) is 10.6 Å². The largest absolute Gasteiger partial charge is 0.475 e. The van der Waals surface area contributed by atoms with E-state index in [-0.39, 0.29) is 18.2 Å². The maximum atomic E-state index is 11.8. The predicted octanol–water partition coefficient (Wildman–Crippen LogP) is 2.73. The number of carboxylic acids is 1. The molecule has 0 atom stereocenters. The summed E-state index contributed by atoms with van der Waals surface area (Å²) in [5, 5.41) is 13.1. The van der Waals surface area contributed by atoms with E-state index < -0.39 is 5.97 Å². The third-order valence-electron chi connectivity index (χ3n) is 2.12. The first-order chi connectivity index (χ1) is 8.58. The molecule has 2 rings (SSSR count). The molecule has 0 aliphatic rings. The van der Waals surface area contributed by atoms with Crippen LogP contribution in [0.1, 0.15) is 26.0 Å². The number of carbonyl (C=O) groups is 2. The Morgan fingerprint density at radius 2 is 2.17 bits per heavy atom. The van der Waals surface area contributed by atoms with Gasteiger partial charge in [0.15, 0.2) is 0 Å². The Hall–Kier alpha value is -1.60. The average Bonchev–Trinajstić information content (AvgIpc) is 2.94. The summed E-state index contributed by atoms with van der Waals surface area (Å²) in [4.78, 5) is 22.9. The molecule has 18 heavy (non-hydrogen) atoms. The van der Waals surface area contributed by atoms with Gasteiger partial charge in [-0.1, -0.05) is 0 Å². The minimum atomic E-state index is -1.13. The van der Waals surface area contributed by atoms with Crippen molar-refractivity contribution in [2.45, 2.75) is 6.54 Å². The molecule has 2 heterocycles. The standard InChI is InChI=1S/C11H8BrNO4S/c12-7-3-4-18-9(7)10(14)13-5-6-1-2-8(17-6)11(15)16/h1-4H,5H2,(H,13,14)(H,15,16). The molecule has 0 unspecified atom stereocenters. The van der Waals surface area contributed by atoms with Gasteiger partial charge in [-0.2, -0.15) is 0 Å². The molecule has 0 saturated carbocycles. The van der Waals surface area contributed by atoms with E-state index in [2.05, 4.69) is 21.2 Å². The van der Waals surface area contributed by atoms with Crippen molar-refractivity contribution in [2.24, 2.45) is 0 Å². The zero-order valence-corrected chi connectivity index (χ0v) is 11.4. The third kappa shape index (κ3) is 2.80. The van der Waals surface area contributed by atoms with Gasteiger partial charge in [0, 0.05) is 4.47 Å². The van der Waals surface area contributed by atoms with Crippen LogP contribution in [0.25, 0.3) is 0 Å². The van der Waals surface area contributed by atoms with Crippen molar-refractivity contribution < 1.29 is 19.1 Å². The summed E-state index contributed by atoms with van der Waals surface area (Å²) < 4.78 is 5.75. The molecule has 0 aliphatic heterocycles. The van der Waals surface area contributed by atoms with Gasteiger partial charge >= 0.3 is 5.97 Å². The number of hydrogen-bond acceptors (Lipinski definition) is 4. The molecule has 0 aromatic carbocycles. The molecule has 94 valence electrons. The number of rotatable bonds is 4. The monoisotopic (exact) mass is 329 g/mol. The van der Waals surface area contributed by atoms with Gasteiger partial charge in [-0.15, -0.1) is 11.3 Å². The SMILES string of the molecule is O=C(O)c1ccc(CNC(=O)c2sccc2Br)o1. The Labute approximate surface area is 115 Å². The maximum Gasteiger partial charge on any atom is 0.371 e. The molecule has 0 fully saturated rings. The van der Waals surface area contributed by atoms with Gasteiger partial charge in [0.25, 0.3) is 5.91 Å². The lowest BCUT2D eigenvalue weighted by molar-refractivity contribution is 0.0660. The molecule has 0 aliphatic carbocycles. The minimum Gasteiger partial charge on any atom is -0.475 e. The zero-order chi connectivity index (χ0) is 13.1. The van der Waals surface area contributed by atoms with E-state index in [1.807, 2.05) is 0 Å². The van der Waals surface area contributed by atoms with Gasteiger partial charge in [-0.05, 0) is 39.5 Å². The van der Waals surface area contributed by atoms with E-state index in [1.54, 1.807) is 11.4 Å². The van der Waals surface area contributed by atoms with E-state index in [1.165, 1.54) is 23.5 Å². The Morgan fingerprint density at radius 1 is 1.39 bits per heavy atom. The first kappa shape index (κ1) is 12.8. The normalized spacial score (nSPS) is 10.3. The van der Waals surface area contributed by atoms with Crippen molar-refractivity contribution >= 4 is 39.1 Å². The topological polar surface area (TPSA) is 79.5 Å². The molecule has 7 heteroatoms. The molecule has 2 N–H and O–H groups in total. The number of carbonyl (C=O) groups excluding carboxylic acids is 1. The van der Waals surface area contributed by atoms with Gasteiger partial charge in [0.05, 0.1) is 6.54 Å². The second kappa shape index (κ2) is 5.36. The predicted molar refractivity (Wildman–Crippen MR) is 68.9 cm³/mol. The average molecular weight is 330 g/mol. The molecular weight excluding hydrogens is 322 g/mol. The molecule has 0 bridgehead atoms. The zero-order valence-electron chi connectivity index (χ0n) is 8.97. The van der Waals surface area contributed by atoms with Crippen LogP contribution >= 0.6 is 27.3 Å². The van der Waals surface area contributed by atoms with Crippen LogP contribution in [0.3, 0.4) is 0 Å². The van der Waals surface area contributed by atoms with Crippen LogP contribution in [-0.4, -0.2) is 17.0 Å². The Balaban J connectivity index is 1.97. The number of carboxylic acid groups (broad SMARTS) is 1. The Bertz CT molecular complexity index is 589. The summed E-state index contributed by atoms with van der Waals surface area (Å²) in [6.45, 7) is 0.149. The van der Waals surface area contributed by atoms with Crippen LogP contribution in [0.4, 0.5) is 0 Å². The lowest BCUT2D eigenvalue weighted by atomic mass is 10.4. The van der Waals surface area contributed by atoms with Crippen LogP contribution in [0.2, 0.25) is 0 Å². The van der Waals surface area contributed by atoms with Crippen molar-refractivity contribution in [1.29, 1.82) is 0 Å². The smallest absolute Gasteiger partial charge is 0.371 e. The van der Waals surface area contributed by atoms with Crippen molar-refractivity contribution in [3.63, 3.8) is 0 Å². The molecular formula is C11H8BrNO4S. The number of furan rings is 1. The fourth-order valence-corrected chi connectivity index (χ4v) is 2.76. The highest BCUT2D eigenvalue weighted by Crippen LogP contribution is 2.22. The summed E-state index contributed by atoms with van der Waals surface area (Å²) in [5.74, 6) is -1.11. The minimum absolute atomic E-state index is 0.142. The van der Waals surface area contributed by atoms with E-state index >= 15 is 0 Å². The highest BCUT2D eigenvalue weighted by atomic mass is 79.9. The van der Waals surface area contributed by atoms with Crippen molar-refractivity contribution in [1.82, 2.24) is 5.32 Å². The van der Waals surface area contributed by atoms with Gasteiger partial charge < -0.3 is 14.8 Å². The molecule has 0 radical (unpaired) electrons. The van der Waals surface area contributed by atoms with Crippen molar-refractivity contribution in [2.75, 3.05) is 0 Å². The third-order valence-corrected chi connectivity index (χ3v) is 3.96. The quantitative estimate of drug-likeness (QED) is 0.903. The molecule has 5 nitrogen and oxygen atoms in total. The molecule has 0 spiro atoms. The lowest BCUT2D eigenvalue weighted by Crippen LogP contribution is -2.21. The van der Waals surface area contributed by atoms with E-state index in [9.17, 15) is 9.59 Å². The lowest BCUT2D eigenvalue weighted by Gasteiger charge is -2.01. The van der Waals surface area contributed by atoms with Gasteiger partial charge in [0.2, 0.25) is 5.76 Å². The molecule has 2 aromatic rings. The Kier molecular flexibility index (Phi) is 3.83. The van der Waals surface area contributed by atoms with Crippen LogP contribution in [0, 0.1) is 0 Å². The number of hydrogen-bond donors (Lipinski definition) is 2. The second-order valence-electron chi connectivity index (χ2n) is 3.35. The molecule has 1 amide bonds. The van der Waals surface area contributed by atoms with Crippen LogP contribution in [-0.2, 0) is 6.54 Å². The summed E-state index contributed by atoms with van der Waals surface area (Å²) in [7, 11) is 0. The van der Waals surface area contributed by atoms with Gasteiger partial charge in [-0.25, -0.2) is 4.79 Å². The summed E-state index contributed by atoms with van der Waals surface area (Å²) >= 11 is 4.58. The molecule has 2 aromatic heterocycles.